The Bertz CT molecular complexity index is 803. The van der Waals surface area contributed by atoms with E-state index in [-0.39, 0.29) is 5.91 Å². The molecule has 2 aromatic rings. The molecule has 0 N–H and O–H groups in total. The van der Waals surface area contributed by atoms with E-state index < -0.39 is 0 Å². The minimum absolute atomic E-state index is 0.0789. The molecule has 1 amide bonds. The monoisotopic (exact) mass is 355 g/mol. The van der Waals surface area contributed by atoms with Crippen LogP contribution in [0.1, 0.15) is 18.1 Å². The van der Waals surface area contributed by atoms with Gasteiger partial charge in [-0.05, 0) is 53.8 Å². The lowest BCUT2D eigenvalue weighted by molar-refractivity contribution is -0.118. The Morgan fingerprint density at radius 2 is 1.81 bits per heavy atom. The van der Waals surface area contributed by atoms with Crippen molar-refractivity contribution in [3.05, 3.63) is 47.5 Å². The van der Waals surface area contributed by atoms with Gasteiger partial charge < -0.3 is 19.1 Å². The van der Waals surface area contributed by atoms with Crippen molar-refractivity contribution in [3.8, 4) is 17.2 Å². The van der Waals surface area contributed by atoms with Gasteiger partial charge >= 0.3 is 0 Å². The van der Waals surface area contributed by atoms with Crippen molar-refractivity contribution in [2.45, 2.75) is 19.8 Å². The predicted molar refractivity (Wildman–Crippen MR) is 101 cm³/mol. The van der Waals surface area contributed by atoms with Gasteiger partial charge in [0.25, 0.3) is 0 Å². The zero-order chi connectivity index (χ0) is 18.7. The summed E-state index contributed by atoms with van der Waals surface area (Å²) in [4.78, 5) is 14.9. The van der Waals surface area contributed by atoms with E-state index in [4.69, 9.17) is 14.2 Å². The Hall–Kier alpha value is -2.69. The van der Waals surface area contributed by atoms with Crippen molar-refractivity contribution in [2.24, 2.45) is 5.92 Å². The van der Waals surface area contributed by atoms with Crippen molar-refractivity contribution in [2.75, 3.05) is 32.8 Å². The molecule has 1 aliphatic heterocycles. The van der Waals surface area contributed by atoms with Crippen molar-refractivity contribution in [1.29, 1.82) is 0 Å². The summed E-state index contributed by atoms with van der Waals surface area (Å²) in [6.45, 7) is 2.89. The van der Waals surface area contributed by atoms with Gasteiger partial charge in [-0.15, -0.1) is 0 Å². The minimum Gasteiger partial charge on any atom is -0.497 e. The fourth-order valence-corrected chi connectivity index (χ4v) is 3.46. The number of amides is 1. The molecule has 2 aromatic carbocycles. The molecular formula is C21H25NO4. The predicted octanol–water partition coefficient (Wildman–Crippen LogP) is 3.48. The van der Waals surface area contributed by atoms with Crippen molar-refractivity contribution in [1.82, 2.24) is 0 Å². The second kappa shape index (κ2) is 7.68. The zero-order valence-electron chi connectivity index (χ0n) is 15.7. The summed E-state index contributed by atoms with van der Waals surface area (Å²) < 4.78 is 15.9. The molecule has 1 aliphatic rings. The third kappa shape index (κ3) is 3.62. The van der Waals surface area contributed by atoms with E-state index in [0.717, 1.165) is 35.5 Å². The smallest absolute Gasteiger partial charge is 0.231 e. The molecule has 0 fully saturated rings. The van der Waals surface area contributed by atoms with Gasteiger partial charge in [-0.2, -0.15) is 0 Å². The van der Waals surface area contributed by atoms with Gasteiger partial charge in [0.15, 0.2) is 11.5 Å². The van der Waals surface area contributed by atoms with Crippen LogP contribution in [0.3, 0.4) is 0 Å². The number of ether oxygens (including phenoxy) is 3. The number of rotatable bonds is 5. The van der Waals surface area contributed by atoms with Crippen LogP contribution in [0.15, 0.2) is 36.4 Å². The molecule has 1 atom stereocenters. The van der Waals surface area contributed by atoms with E-state index in [0.29, 0.717) is 23.8 Å². The average Bonchev–Trinajstić information content (AvgIpc) is 2.66. The Balaban J connectivity index is 1.84. The molecule has 0 aliphatic carbocycles. The third-order valence-electron chi connectivity index (χ3n) is 4.74. The number of nitrogens with zero attached hydrogens (tertiary/aromatic N) is 1. The maximum atomic E-state index is 13.0. The molecule has 1 heterocycles. The fraction of sp³-hybridized carbons (Fsp3) is 0.381. The molecule has 138 valence electrons. The van der Waals surface area contributed by atoms with Crippen molar-refractivity contribution < 1.29 is 19.0 Å². The lowest BCUT2D eigenvalue weighted by Crippen LogP contribution is -2.40. The summed E-state index contributed by atoms with van der Waals surface area (Å²) in [7, 11) is 4.86. The SMILES string of the molecule is COc1ccc2c(c1)CC(C)CN2C(=O)Cc1ccc(OC)c(OC)c1. The van der Waals surface area contributed by atoms with Gasteiger partial charge in [0.05, 0.1) is 27.8 Å². The summed E-state index contributed by atoms with van der Waals surface area (Å²) in [6.07, 6.45) is 1.27. The lowest BCUT2D eigenvalue weighted by atomic mass is 9.93. The Kier molecular flexibility index (Phi) is 5.35. The lowest BCUT2D eigenvalue weighted by Gasteiger charge is -2.33. The number of anilines is 1. The molecule has 0 saturated carbocycles. The number of carbonyl (C=O) groups is 1. The van der Waals surface area contributed by atoms with Gasteiger partial charge in [-0.25, -0.2) is 0 Å². The van der Waals surface area contributed by atoms with Crippen LogP contribution in [0.5, 0.6) is 17.2 Å². The number of fused-ring (bicyclic) bond motifs is 1. The molecule has 5 heteroatoms. The average molecular weight is 355 g/mol. The molecule has 3 rings (SSSR count). The van der Waals surface area contributed by atoms with Crippen LogP contribution in [0, 0.1) is 5.92 Å². The topological polar surface area (TPSA) is 48.0 Å². The van der Waals surface area contributed by atoms with Gasteiger partial charge in [-0.1, -0.05) is 13.0 Å². The quantitative estimate of drug-likeness (QED) is 0.824. The Labute approximate surface area is 154 Å². The first-order chi connectivity index (χ1) is 12.5. The maximum absolute atomic E-state index is 13.0. The van der Waals surface area contributed by atoms with Gasteiger partial charge in [0.2, 0.25) is 5.91 Å². The molecule has 26 heavy (non-hydrogen) atoms. The summed E-state index contributed by atoms with van der Waals surface area (Å²) in [5.74, 6) is 2.60. The first kappa shape index (κ1) is 18.1. The summed E-state index contributed by atoms with van der Waals surface area (Å²) in [5, 5.41) is 0. The standard InChI is InChI=1S/C21H25NO4/c1-14-9-16-12-17(24-2)6-7-18(16)22(13-14)21(23)11-15-5-8-19(25-3)20(10-15)26-4/h5-8,10,12,14H,9,11,13H2,1-4H3. The Morgan fingerprint density at radius 1 is 1.04 bits per heavy atom. The van der Waals surface area contributed by atoms with Crippen LogP contribution in [0.2, 0.25) is 0 Å². The number of hydrogen-bond acceptors (Lipinski definition) is 4. The van der Waals surface area contributed by atoms with Crippen LogP contribution in [0.4, 0.5) is 5.69 Å². The highest BCUT2D eigenvalue weighted by Crippen LogP contribution is 2.33. The third-order valence-corrected chi connectivity index (χ3v) is 4.74. The second-order valence-corrected chi connectivity index (χ2v) is 6.67. The minimum atomic E-state index is 0.0789. The molecule has 1 unspecified atom stereocenters. The highest BCUT2D eigenvalue weighted by atomic mass is 16.5. The second-order valence-electron chi connectivity index (χ2n) is 6.67. The molecule has 5 nitrogen and oxygen atoms in total. The normalized spacial score (nSPS) is 16.0. The van der Waals surface area contributed by atoms with Crippen LogP contribution in [0.25, 0.3) is 0 Å². The first-order valence-electron chi connectivity index (χ1n) is 8.74. The highest BCUT2D eigenvalue weighted by Gasteiger charge is 2.27. The summed E-state index contributed by atoms with van der Waals surface area (Å²) in [5.41, 5.74) is 3.04. The van der Waals surface area contributed by atoms with Crippen molar-refractivity contribution in [3.63, 3.8) is 0 Å². The van der Waals surface area contributed by atoms with Crippen LogP contribution in [-0.4, -0.2) is 33.8 Å². The highest BCUT2D eigenvalue weighted by molar-refractivity contribution is 5.96. The van der Waals surface area contributed by atoms with Crippen LogP contribution in [-0.2, 0) is 17.6 Å². The molecule has 0 radical (unpaired) electrons. The molecule has 0 bridgehead atoms. The van der Waals surface area contributed by atoms with Crippen LogP contribution < -0.4 is 19.1 Å². The van der Waals surface area contributed by atoms with Crippen LogP contribution >= 0.6 is 0 Å². The van der Waals surface area contributed by atoms with E-state index in [1.165, 1.54) is 0 Å². The van der Waals surface area contributed by atoms with E-state index >= 15 is 0 Å². The largest absolute Gasteiger partial charge is 0.497 e. The zero-order valence-corrected chi connectivity index (χ0v) is 15.7. The van der Waals surface area contributed by atoms with Gasteiger partial charge in [-0.3, -0.25) is 4.79 Å². The first-order valence-corrected chi connectivity index (χ1v) is 8.74. The van der Waals surface area contributed by atoms with E-state index in [9.17, 15) is 4.79 Å². The maximum Gasteiger partial charge on any atom is 0.231 e. The number of carbonyl (C=O) groups excluding carboxylic acids is 1. The van der Waals surface area contributed by atoms with E-state index in [1.54, 1.807) is 21.3 Å². The molecule has 0 spiro atoms. The fourth-order valence-electron chi connectivity index (χ4n) is 3.46. The summed E-state index contributed by atoms with van der Waals surface area (Å²) >= 11 is 0. The number of benzene rings is 2. The number of methoxy groups -OCH3 is 3. The molecule has 0 aromatic heterocycles. The van der Waals surface area contributed by atoms with Gasteiger partial charge in [0, 0.05) is 12.2 Å². The number of hydrogen-bond donors (Lipinski definition) is 0. The Morgan fingerprint density at radius 3 is 2.50 bits per heavy atom. The van der Waals surface area contributed by atoms with Gasteiger partial charge in [0.1, 0.15) is 5.75 Å². The van der Waals surface area contributed by atoms with E-state index in [1.807, 2.05) is 41.3 Å². The summed E-state index contributed by atoms with van der Waals surface area (Å²) in [6, 6.07) is 11.5. The molecule has 0 saturated heterocycles. The van der Waals surface area contributed by atoms with Crippen molar-refractivity contribution >= 4 is 11.6 Å². The van der Waals surface area contributed by atoms with E-state index in [2.05, 4.69) is 6.92 Å². The molecular weight excluding hydrogens is 330 g/mol.